The van der Waals surface area contributed by atoms with Gasteiger partial charge < -0.3 is 9.88 Å². The van der Waals surface area contributed by atoms with Gasteiger partial charge in [0, 0.05) is 53.7 Å². The number of aliphatic imine (C=N–C) groups is 1. The largest absolute Gasteiger partial charge is 0.363 e. The second-order valence-corrected chi connectivity index (χ2v) is 8.75. The monoisotopic (exact) mass is 417 g/mol. The second kappa shape index (κ2) is 8.17. The van der Waals surface area contributed by atoms with Gasteiger partial charge in [0.05, 0.1) is 22.4 Å². The molecule has 1 aliphatic rings. The molecule has 27 heavy (non-hydrogen) atoms. The Kier molecular flexibility index (Phi) is 5.67. The van der Waals surface area contributed by atoms with Gasteiger partial charge in [-0.05, 0) is 23.8 Å². The Morgan fingerprint density at radius 3 is 2.89 bits per heavy atom. The van der Waals surface area contributed by atoms with Gasteiger partial charge in [0.2, 0.25) is 0 Å². The van der Waals surface area contributed by atoms with Crippen molar-refractivity contribution in [2.75, 3.05) is 25.9 Å². The Morgan fingerprint density at radius 1 is 1.19 bits per heavy atom. The van der Waals surface area contributed by atoms with Crippen molar-refractivity contribution in [1.82, 2.24) is 9.88 Å². The minimum Gasteiger partial charge on any atom is -0.363 e. The lowest BCUT2D eigenvalue weighted by Gasteiger charge is -2.12. The van der Waals surface area contributed by atoms with Crippen LogP contribution in [0.3, 0.4) is 0 Å². The first-order valence-corrected chi connectivity index (χ1v) is 10.7. The van der Waals surface area contributed by atoms with Gasteiger partial charge in [0.1, 0.15) is 0 Å². The Labute approximate surface area is 173 Å². The first-order valence-electron chi connectivity index (χ1n) is 9.00. The number of benzene rings is 2. The number of hydrogen-bond acceptors (Lipinski definition) is 2. The fourth-order valence-electron chi connectivity index (χ4n) is 3.55. The SMILES string of the molecule is CN1CC(c2ccc(Cl)c(Cl)c2)CC1=NCCSc1c[nH]c2ccccc12. The number of likely N-dealkylation sites (N-methyl/N-ethyl adjacent to an activating group) is 1. The molecule has 0 spiro atoms. The van der Waals surface area contributed by atoms with Gasteiger partial charge in [-0.15, -0.1) is 11.8 Å². The number of amidine groups is 1. The molecular formula is C21H21Cl2N3S. The van der Waals surface area contributed by atoms with Crippen LogP contribution < -0.4 is 0 Å². The average molecular weight is 418 g/mol. The maximum atomic E-state index is 6.18. The van der Waals surface area contributed by atoms with Crippen LogP contribution in [0.1, 0.15) is 17.9 Å². The van der Waals surface area contributed by atoms with Crippen molar-refractivity contribution in [2.24, 2.45) is 4.99 Å². The maximum absolute atomic E-state index is 6.18. The number of nitrogens with one attached hydrogen (secondary N) is 1. The molecule has 140 valence electrons. The summed E-state index contributed by atoms with van der Waals surface area (Å²) in [5.41, 5.74) is 2.42. The third-order valence-electron chi connectivity index (χ3n) is 4.97. The van der Waals surface area contributed by atoms with Crippen LogP contribution in [0.2, 0.25) is 10.0 Å². The van der Waals surface area contributed by atoms with Crippen LogP contribution in [-0.4, -0.2) is 41.6 Å². The smallest absolute Gasteiger partial charge is 0.0993 e. The van der Waals surface area contributed by atoms with Gasteiger partial charge in [-0.3, -0.25) is 4.99 Å². The summed E-state index contributed by atoms with van der Waals surface area (Å²) in [4.78, 5) is 11.7. The molecular weight excluding hydrogens is 397 g/mol. The van der Waals surface area contributed by atoms with Crippen molar-refractivity contribution in [2.45, 2.75) is 17.2 Å². The highest BCUT2D eigenvalue weighted by molar-refractivity contribution is 7.99. The number of halogens is 2. The number of thioether (sulfide) groups is 1. The number of fused-ring (bicyclic) bond motifs is 1. The Morgan fingerprint density at radius 2 is 2.04 bits per heavy atom. The first-order chi connectivity index (χ1) is 13.1. The zero-order chi connectivity index (χ0) is 18.8. The third kappa shape index (κ3) is 4.13. The van der Waals surface area contributed by atoms with Gasteiger partial charge in [-0.1, -0.05) is 47.5 Å². The van der Waals surface area contributed by atoms with Gasteiger partial charge >= 0.3 is 0 Å². The van der Waals surface area contributed by atoms with E-state index in [0.717, 1.165) is 25.3 Å². The summed E-state index contributed by atoms with van der Waals surface area (Å²) in [7, 11) is 2.11. The first kappa shape index (κ1) is 18.7. The summed E-state index contributed by atoms with van der Waals surface area (Å²) >= 11 is 14.1. The van der Waals surface area contributed by atoms with E-state index in [1.54, 1.807) is 0 Å². The zero-order valence-corrected chi connectivity index (χ0v) is 17.4. The topological polar surface area (TPSA) is 31.4 Å². The fraction of sp³-hybridized carbons (Fsp3) is 0.286. The molecule has 0 amide bonds. The number of hydrogen-bond donors (Lipinski definition) is 1. The predicted octanol–water partition coefficient (Wildman–Crippen LogP) is 6.08. The lowest BCUT2D eigenvalue weighted by Crippen LogP contribution is -2.20. The van der Waals surface area contributed by atoms with Crippen molar-refractivity contribution < 1.29 is 0 Å². The Bertz CT molecular complexity index is 982. The molecule has 1 atom stereocenters. The highest BCUT2D eigenvalue weighted by Crippen LogP contribution is 2.32. The van der Waals surface area contributed by atoms with E-state index < -0.39 is 0 Å². The van der Waals surface area contributed by atoms with Gasteiger partial charge in [-0.25, -0.2) is 0 Å². The van der Waals surface area contributed by atoms with Crippen molar-refractivity contribution in [1.29, 1.82) is 0 Å². The molecule has 3 nitrogen and oxygen atoms in total. The Balaban J connectivity index is 1.36. The van der Waals surface area contributed by atoms with Crippen molar-refractivity contribution in [3.63, 3.8) is 0 Å². The molecule has 1 fully saturated rings. The molecule has 2 heterocycles. The number of aromatic nitrogens is 1. The number of para-hydroxylation sites is 1. The van der Waals surface area contributed by atoms with E-state index in [0.29, 0.717) is 16.0 Å². The van der Waals surface area contributed by atoms with E-state index in [2.05, 4.69) is 53.5 Å². The zero-order valence-electron chi connectivity index (χ0n) is 15.1. The molecule has 6 heteroatoms. The number of nitrogens with zero attached hydrogens (tertiary/aromatic N) is 2. The lowest BCUT2D eigenvalue weighted by molar-refractivity contribution is 0.519. The number of H-pyrrole nitrogens is 1. The van der Waals surface area contributed by atoms with Gasteiger partial charge in [-0.2, -0.15) is 0 Å². The van der Waals surface area contributed by atoms with Gasteiger partial charge in [0.15, 0.2) is 0 Å². The Hall–Kier alpha value is -1.62. The molecule has 0 radical (unpaired) electrons. The van der Waals surface area contributed by atoms with Crippen LogP contribution in [0.25, 0.3) is 10.9 Å². The summed E-state index contributed by atoms with van der Waals surface area (Å²) in [6.07, 6.45) is 3.04. The van der Waals surface area contributed by atoms with Crippen molar-refractivity contribution >= 4 is 51.7 Å². The molecule has 2 aromatic carbocycles. The molecule has 1 aromatic heterocycles. The molecule has 4 rings (SSSR count). The van der Waals surface area contributed by atoms with Crippen LogP contribution >= 0.6 is 35.0 Å². The quantitative estimate of drug-likeness (QED) is 0.402. The number of rotatable bonds is 5. The van der Waals surface area contributed by atoms with E-state index >= 15 is 0 Å². The van der Waals surface area contributed by atoms with Crippen LogP contribution in [-0.2, 0) is 0 Å². The summed E-state index contributed by atoms with van der Waals surface area (Å²) in [6.45, 7) is 1.78. The van der Waals surface area contributed by atoms with Gasteiger partial charge in [0.25, 0.3) is 0 Å². The molecule has 1 aliphatic heterocycles. The van der Waals surface area contributed by atoms with Crippen LogP contribution in [0.4, 0.5) is 0 Å². The van der Waals surface area contributed by atoms with Crippen LogP contribution in [0.15, 0.2) is 58.5 Å². The van der Waals surface area contributed by atoms with E-state index in [9.17, 15) is 0 Å². The average Bonchev–Trinajstić information content (AvgIpc) is 3.25. The highest BCUT2D eigenvalue weighted by Gasteiger charge is 2.26. The molecule has 0 bridgehead atoms. The van der Waals surface area contributed by atoms with Crippen molar-refractivity contribution in [3.8, 4) is 0 Å². The van der Waals surface area contributed by atoms with Crippen LogP contribution in [0.5, 0.6) is 0 Å². The standard InChI is InChI=1S/C21H21Cl2N3S/c1-26-13-15(14-6-7-17(22)18(23)10-14)11-21(26)24-8-9-27-20-12-25-19-5-3-2-4-16(19)20/h2-7,10,12,15,25H,8-9,11,13H2,1H3. The summed E-state index contributed by atoms with van der Waals surface area (Å²) in [5, 5.41) is 2.51. The molecule has 1 unspecified atom stereocenters. The van der Waals surface area contributed by atoms with Crippen LogP contribution in [0, 0.1) is 0 Å². The minimum atomic E-state index is 0.421. The van der Waals surface area contributed by atoms with E-state index in [1.165, 1.54) is 27.2 Å². The fourth-order valence-corrected chi connectivity index (χ4v) is 4.73. The normalized spacial score (nSPS) is 18.7. The van der Waals surface area contributed by atoms with Crippen molar-refractivity contribution in [3.05, 3.63) is 64.3 Å². The molecule has 3 aromatic rings. The molecule has 0 saturated carbocycles. The third-order valence-corrected chi connectivity index (χ3v) is 6.75. The van der Waals surface area contributed by atoms with E-state index in [4.69, 9.17) is 28.2 Å². The second-order valence-electron chi connectivity index (χ2n) is 6.80. The highest BCUT2D eigenvalue weighted by atomic mass is 35.5. The minimum absolute atomic E-state index is 0.421. The number of likely N-dealkylation sites (tertiary alicyclic amines) is 1. The molecule has 0 aliphatic carbocycles. The molecule has 1 N–H and O–H groups in total. The maximum Gasteiger partial charge on any atom is 0.0993 e. The number of aromatic amines is 1. The van der Waals surface area contributed by atoms with E-state index in [1.807, 2.05) is 23.9 Å². The summed E-state index contributed by atoms with van der Waals surface area (Å²) < 4.78 is 0. The lowest BCUT2D eigenvalue weighted by atomic mass is 9.98. The van der Waals surface area contributed by atoms with E-state index in [-0.39, 0.29) is 0 Å². The molecule has 1 saturated heterocycles. The predicted molar refractivity (Wildman–Crippen MR) is 118 cm³/mol. The summed E-state index contributed by atoms with van der Waals surface area (Å²) in [5.74, 6) is 2.56. The summed E-state index contributed by atoms with van der Waals surface area (Å²) in [6, 6.07) is 14.3.